The van der Waals surface area contributed by atoms with Crippen LogP contribution < -0.4 is 0 Å². The van der Waals surface area contributed by atoms with E-state index in [4.69, 9.17) is 0 Å². The van der Waals surface area contributed by atoms with Gasteiger partial charge in [-0.2, -0.15) is 0 Å². The zero-order valence-electron chi connectivity index (χ0n) is 15.2. The summed E-state index contributed by atoms with van der Waals surface area (Å²) in [6.07, 6.45) is 12.6. The number of fused-ring (bicyclic) bond motifs is 1. The average molecular weight is 316 g/mol. The molecule has 0 aromatic rings. The quantitative estimate of drug-likeness (QED) is 0.528. The Balaban J connectivity index is 2.34. The lowest BCUT2D eigenvalue weighted by Gasteiger charge is -2.58. The fourth-order valence-corrected chi connectivity index (χ4v) is 5.21. The van der Waals surface area contributed by atoms with Crippen LogP contribution >= 0.6 is 0 Å². The van der Waals surface area contributed by atoms with Gasteiger partial charge < -0.3 is 5.11 Å². The number of carboxylic acids is 1. The van der Waals surface area contributed by atoms with E-state index in [0.717, 1.165) is 24.8 Å². The van der Waals surface area contributed by atoms with E-state index in [9.17, 15) is 9.90 Å². The van der Waals surface area contributed by atoms with E-state index in [-0.39, 0.29) is 23.2 Å². The largest absolute Gasteiger partial charge is 0.481 e. The molecule has 0 aromatic heterocycles. The summed E-state index contributed by atoms with van der Waals surface area (Å²) in [5.74, 6) is -0.0268. The second kappa shape index (κ2) is 6.67. The maximum atomic E-state index is 11.4. The third-order valence-electron chi connectivity index (χ3n) is 6.35. The maximum Gasteiger partial charge on any atom is 0.303 e. The summed E-state index contributed by atoms with van der Waals surface area (Å²) >= 11 is 0. The molecule has 0 amide bonds. The molecule has 2 aliphatic carbocycles. The Morgan fingerprint density at radius 1 is 1.35 bits per heavy atom. The minimum atomic E-state index is -0.689. The van der Waals surface area contributed by atoms with E-state index >= 15 is 0 Å². The molecule has 2 saturated carbocycles. The van der Waals surface area contributed by atoms with Crippen molar-refractivity contribution in [1.29, 1.82) is 0 Å². The molecule has 0 aromatic carbocycles. The predicted octanol–water partition coefficient (Wildman–Crippen LogP) is 5.76. The summed E-state index contributed by atoms with van der Waals surface area (Å²) in [5.41, 5.74) is 2.69. The van der Waals surface area contributed by atoms with Gasteiger partial charge in [-0.3, -0.25) is 4.79 Å². The Morgan fingerprint density at radius 3 is 2.65 bits per heavy atom. The van der Waals surface area contributed by atoms with Crippen LogP contribution in [0.2, 0.25) is 0 Å². The lowest BCUT2D eigenvalue weighted by molar-refractivity contribution is -0.141. The smallest absolute Gasteiger partial charge is 0.303 e. The van der Waals surface area contributed by atoms with Crippen molar-refractivity contribution >= 4 is 5.97 Å². The molecule has 2 heteroatoms. The summed E-state index contributed by atoms with van der Waals surface area (Å²) in [4.78, 5) is 11.4. The standard InChI is InChI=1S/C21H32O2/c1-15(2)8-6-11-20(4)12-7-13-21(5)17(14-19(22)23)16(3)9-10-18(20)21/h6,8,11,17-18H,3,7,9-10,12-14H2,1-2,4-5H3,(H,22,23)/b11-6+. The fraction of sp³-hybridized carbons (Fsp3) is 0.667. The van der Waals surface area contributed by atoms with Gasteiger partial charge in [-0.25, -0.2) is 0 Å². The lowest BCUT2D eigenvalue weighted by atomic mass is 9.46. The van der Waals surface area contributed by atoms with Crippen LogP contribution in [-0.4, -0.2) is 11.1 Å². The molecule has 23 heavy (non-hydrogen) atoms. The van der Waals surface area contributed by atoms with Crippen molar-refractivity contribution in [2.45, 2.75) is 66.2 Å². The fourth-order valence-electron chi connectivity index (χ4n) is 5.21. The summed E-state index contributed by atoms with van der Waals surface area (Å²) in [6, 6.07) is 0. The van der Waals surface area contributed by atoms with E-state index in [0.29, 0.717) is 5.92 Å². The van der Waals surface area contributed by atoms with Crippen molar-refractivity contribution < 1.29 is 9.90 Å². The summed E-state index contributed by atoms with van der Waals surface area (Å²) in [7, 11) is 0. The molecule has 2 rings (SSSR count). The molecule has 4 unspecified atom stereocenters. The van der Waals surface area contributed by atoms with E-state index in [1.54, 1.807) is 0 Å². The van der Waals surface area contributed by atoms with Gasteiger partial charge in [0.25, 0.3) is 0 Å². The highest BCUT2D eigenvalue weighted by Crippen LogP contribution is 2.62. The Hall–Kier alpha value is -1.31. The maximum absolute atomic E-state index is 11.4. The van der Waals surface area contributed by atoms with Gasteiger partial charge in [0.1, 0.15) is 0 Å². The van der Waals surface area contributed by atoms with Gasteiger partial charge in [0.15, 0.2) is 0 Å². The molecule has 4 atom stereocenters. The van der Waals surface area contributed by atoms with Gasteiger partial charge in [0.05, 0.1) is 6.42 Å². The van der Waals surface area contributed by atoms with Crippen LogP contribution in [-0.2, 0) is 4.79 Å². The highest BCUT2D eigenvalue weighted by molar-refractivity contribution is 5.67. The van der Waals surface area contributed by atoms with Crippen molar-refractivity contribution in [1.82, 2.24) is 0 Å². The lowest BCUT2D eigenvalue weighted by Crippen LogP contribution is -2.50. The first-order valence-corrected chi connectivity index (χ1v) is 8.91. The Labute approximate surface area is 141 Å². The molecule has 2 aliphatic rings. The highest BCUT2D eigenvalue weighted by atomic mass is 16.4. The summed E-state index contributed by atoms with van der Waals surface area (Å²) in [6.45, 7) is 13.2. The van der Waals surface area contributed by atoms with Crippen molar-refractivity contribution in [3.63, 3.8) is 0 Å². The van der Waals surface area contributed by atoms with E-state index in [1.165, 1.54) is 18.4 Å². The van der Waals surface area contributed by atoms with Crippen LogP contribution in [0.4, 0.5) is 0 Å². The molecular weight excluding hydrogens is 284 g/mol. The minimum absolute atomic E-state index is 0.0655. The zero-order chi connectivity index (χ0) is 17.3. The monoisotopic (exact) mass is 316 g/mol. The molecule has 0 radical (unpaired) electrons. The minimum Gasteiger partial charge on any atom is -0.481 e. The van der Waals surface area contributed by atoms with Crippen molar-refractivity contribution in [3.05, 3.63) is 36.0 Å². The number of hydrogen-bond acceptors (Lipinski definition) is 1. The van der Waals surface area contributed by atoms with Gasteiger partial charge in [0.2, 0.25) is 0 Å². The molecule has 0 heterocycles. The highest BCUT2D eigenvalue weighted by Gasteiger charge is 2.53. The third-order valence-corrected chi connectivity index (χ3v) is 6.35. The van der Waals surface area contributed by atoms with Crippen LogP contribution in [0.5, 0.6) is 0 Å². The van der Waals surface area contributed by atoms with Crippen molar-refractivity contribution in [3.8, 4) is 0 Å². The number of carbonyl (C=O) groups is 1. The first-order chi connectivity index (χ1) is 10.7. The summed E-state index contributed by atoms with van der Waals surface area (Å²) < 4.78 is 0. The second-order valence-electron chi connectivity index (χ2n) is 8.37. The molecule has 128 valence electrons. The number of aliphatic carboxylic acids is 1. The molecule has 0 saturated heterocycles. The van der Waals surface area contributed by atoms with Crippen LogP contribution in [0.15, 0.2) is 36.0 Å². The molecule has 2 nitrogen and oxygen atoms in total. The molecule has 0 bridgehead atoms. The third kappa shape index (κ3) is 3.62. The molecular formula is C21H32O2. The Morgan fingerprint density at radius 2 is 2.04 bits per heavy atom. The summed E-state index contributed by atoms with van der Waals surface area (Å²) in [5, 5.41) is 9.36. The van der Waals surface area contributed by atoms with Gasteiger partial charge in [-0.1, -0.05) is 56.2 Å². The number of allylic oxidation sites excluding steroid dienone is 5. The van der Waals surface area contributed by atoms with Crippen LogP contribution in [0.1, 0.15) is 66.2 Å². The number of hydrogen-bond donors (Lipinski definition) is 1. The van der Waals surface area contributed by atoms with Gasteiger partial charge in [-0.05, 0) is 62.2 Å². The number of carboxylic acid groups (broad SMARTS) is 1. The molecule has 0 aliphatic heterocycles. The average Bonchev–Trinajstić information content (AvgIpc) is 2.42. The predicted molar refractivity (Wildman–Crippen MR) is 96.2 cm³/mol. The van der Waals surface area contributed by atoms with Gasteiger partial charge in [-0.15, -0.1) is 0 Å². The van der Waals surface area contributed by atoms with Crippen molar-refractivity contribution in [2.75, 3.05) is 0 Å². The van der Waals surface area contributed by atoms with Gasteiger partial charge in [0, 0.05) is 0 Å². The van der Waals surface area contributed by atoms with E-state index in [2.05, 4.69) is 52.5 Å². The van der Waals surface area contributed by atoms with Crippen molar-refractivity contribution in [2.24, 2.45) is 22.7 Å². The van der Waals surface area contributed by atoms with E-state index in [1.807, 2.05) is 0 Å². The first-order valence-electron chi connectivity index (χ1n) is 8.91. The normalized spacial score (nSPS) is 37.5. The molecule has 0 spiro atoms. The molecule has 1 N–H and O–H groups in total. The first kappa shape index (κ1) is 18.0. The van der Waals surface area contributed by atoms with Crippen LogP contribution in [0.25, 0.3) is 0 Å². The van der Waals surface area contributed by atoms with Gasteiger partial charge >= 0.3 is 5.97 Å². The topological polar surface area (TPSA) is 37.3 Å². The second-order valence-corrected chi connectivity index (χ2v) is 8.37. The zero-order valence-corrected chi connectivity index (χ0v) is 15.2. The SMILES string of the molecule is C=C1CCC2C(C)(/C=C/C=C(C)C)CCCC2(C)C1CC(=O)O. The van der Waals surface area contributed by atoms with E-state index < -0.39 is 5.97 Å². The molecule has 2 fully saturated rings. The van der Waals surface area contributed by atoms with Crippen LogP contribution in [0.3, 0.4) is 0 Å². The number of rotatable bonds is 4. The Bertz CT molecular complexity index is 538. The Kier molecular flexibility index (Phi) is 5.23. The van der Waals surface area contributed by atoms with Crippen LogP contribution in [0, 0.1) is 22.7 Å².